The van der Waals surface area contributed by atoms with Gasteiger partial charge in [-0.3, -0.25) is 4.79 Å². The standard InChI is InChI=1S/C19H23NO2/c1-14(16-10-11-20-17(21)12-16)18(22-13-19(2,3)4)15-8-6-5-7-9-15/h5-12H,13H2,1-4H3,(H,20,21)/b18-14+. The molecular formula is C19H23NO2. The maximum absolute atomic E-state index is 11.6. The molecule has 0 aliphatic rings. The van der Waals surface area contributed by atoms with Crippen molar-refractivity contribution in [2.45, 2.75) is 27.7 Å². The summed E-state index contributed by atoms with van der Waals surface area (Å²) in [6.45, 7) is 9.01. The highest BCUT2D eigenvalue weighted by Gasteiger charge is 2.15. The van der Waals surface area contributed by atoms with Crippen molar-refractivity contribution in [1.82, 2.24) is 4.98 Å². The van der Waals surface area contributed by atoms with Gasteiger partial charge in [-0.1, -0.05) is 51.1 Å². The van der Waals surface area contributed by atoms with Gasteiger partial charge in [0.1, 0.15) is 5.76 Å². The molecule has 1 aromatic carbocycles. The van der Waals surface area contributed by atoms with Crippen molar-refractivity contribution in [3.05, 3.63) is 70.1 Å². The maximum atomic E-state index is 11.6. The van der Waals surface area contributed by atoms with E-state index in [0.29, 0.717) is 6.61 Å². The molecule has 1 aromatic heterocycles. The molecule has 0 saturated heterocycles. The summed E-state index contributed by atoms with van der Waals surface area (Å²) < 4.78 is 6.12. The molecule has 0 aliphatic heterocycles. The third-order valence-corrected chi connectivity index (χ3v) is 3.23. The molecule has 0 bridgehead atoms. The molecule has 116 valence electrons. The summed E-state index contributed by atoms with van der Waals surface area (Å²) in [4.78, 5) is 14.2. The van der Waals surface area contributed by atoms with Crippen molar-refractivity contribution in [1.29, 1.82) is 0 Å². The zero-order valence-corrected chi connectivity index (χ0v) is 13.6. The van der Waals surface area contributed by atoms with Crippen LogP contribution in [0.15, 0.2) is 53.5 Å². The number of rotatable bonds is 4. The van der Waals surface area contributed by atoms with Gasteiger partial charge in [0.05, 0.1) is 6.61 Å². The van der Waals surface area contributed by atoms with Gasteiger partial charge in [0.2, 0.25) is 5.56 Å². The van der Waals surface area contributed by atoms with Crippen molar-refractivity contribution in [3.8, 4) is 0 Å². The Morgan fingerprint density at radius 3 is 2.36 bits per heavy atom. The fourth-order valence-electron chi connectivity index (χ4n) is 2.10. The Hall–Kier alpha value is -2.29. The summed E-state index contributed by atoms with van der Waals surface area (Å²) in [5, 5.41) is 0. The Balaban J connectivity index is 2.47. The second kappa shape index (κ2) is 6.65. The molecule has 22 heavy (non-hydrogen) atoms. The number of pyridine rings is 1. The Bertz CT molecular complexity index is 706. The third-order valence-electron chi connectivity index (χ3n) is 3.23. The highest BCUT2D eigenvalue weighted by atomic mass is 16.5. The van der Waals surface area contributed by atoms with E-state index in [2.05, 4.69) is 25.8 Å². The summed E-state index contributed by atoms with van der Waals surface area (Å²) in [5.74, 6) is 0.820. The minimum Gasteiger partial charge on any atom is -0.492 e. The van der Waals surface area contributed by atoms with Crippen LogP contribution in [-0.2, 0) is 4.74 Å². The number of allylic oxidation sites excluding steroid dienone is 1. The highest BCUT2D eigenvalue weighted by Crippen LogP contribution is 2.28. The second-order valence-electron chi connectivity index (χ2n) is 6.61. The van der Waals surface area contributed by atoms with Gasteiger partial charge in [0.15, 0.2) is 0 Å². The second-order valence-corrected chi connectivity index (χ2v) is 6.61. The van der Waals surface area contributed by atoms with Gasteiger partial charge < -0.3 is 9.72 Å². The van der Waals surface area contributed by atoms with Crippen LogP contribution >= 0.6 is 0 Å². The van der Waals surface area contributed by atoms with Gasteiger partial charge in [-0.2, -0.15) is 0 Å². The number of benzene rings is 1. The first-order valence-electron chi connectivity index (χ1n) is 7.45. The van der Waals surface area contributed by atoms with Gasteiger partial charge >= 0.3 is 0 Å². The van der Waals surface area contributed by atoms with Crippen LogP contribution < -0.4 is 5.56 Å². The number of H-pyrrole nitrogens is 1. The lowest BCUT2D eigenvalue weighted by atomic mass is 9.98. The van der Waals surface area contributed by atoms with E-state index in [1.165, 1.54) is 0 Å². The minimum absolute atomic E-state index is 0.0640. The fourth-order valence-corrected chi connectivity index (χ4v) is 2.10. The van der Waals surface area contributed by atoms with Gasteiger partial charge in [0, 0.05) is 17.8 Å². The fraction of sp³-hybridized carbons (Fsp3) is 0.316. The number of hydrogen-bond donors (Lipinski definition) is 1. The SMILES string of the molecule is C/C(=C(\OCC(C)(C)C)c1ccccc1)c1cc[nH]c(=O)c1. The quantitative estimate of drug-likeness (QED) is 0.854. The summed E-state index contributed by atoms with van der Waals surface area (Å²) in [5.41, 5.74) is 2.80. The van der Waals surface area contributed by atoms with E-state index in [1.807, 2.05) is 43.3 Å². The maximum Gasteiger partial charge on any atom is 0.248 e. The van der Waals surface area contributed by atoms with E-state index in [4.69, 9.17) is 4.74 Å². The monoisotopic (exact) mass is 297 g/mol. The van der Waals surface area contributed by atoms with Crippen molar-refractivity contribution in [2.24, 2.45) is 5.41 Å². The van der Waals surface area contributed by atoms with Crippen LogP contribution in [-0.4, -0.2) is 11.6 Å². The third kappa shape index (κ3) is 4.35. The van der Waals surface area contributed by atoms with Crippen LogP contribution in [0.5, 0.6) is 0 Å². The van der Waals surface area contributed by atoms with E-state index < -0.39 is 0 Å². The molecule has 0 fully saturated rings. The van der Waals surface area contributed by atoms with Crippen LogP contribution in [0.1, 0.15) is 38.8 Å². The summed E-state index contributed by atoms with van der Waals surface area (Å²) in [7, 11) is 0. The van der Waals surface area contributed by atoms with Crippen molar-refractivity contribution in [2.75, 3.05) is 6.61 Å². The molecule has 3 heteroatoms. The molecule has 0 atom stereocenters. The predicted octanol–water partition coefficient (Wildman–Crippen LogP) is 4.33. The van der Waals surface area contributed by atoms with Crippen LogP contribution in [0, 0.1) is 5.41 Å². The lowest BCUT2D eigenvalue weighted by molar-refractivity contribution is 0.170. The Kier molecular flexibility index (Phi) is 4.86. The number of ether oxygens (including phenoxy) is 1. The minimum atomic E-state index is -0.111. The van der Waals surface area contributed by atoms with Crippen LogP contribution in [0.4, 0.5) is 0 Å². The van der Waals surface area contributed by atoms with Gasteiger partial charge in [-0.15, -0.1) is 0 Å². The van der Waals surface area contributed by atoms with Crippen LogP contribution in [0.2, 0.25) is 0 Å². The molecule has 0 aliphatic carbocycles. The highest BCUT2D eigenvalue weighted by molar-refractivity contribution is 5.86. The first-order valence-corrected chi connectivity index (χ1v) is 7.45. The number of nitrogens with one attached hydrogen (secondary N) is 1. The van der Waals surface area contributed by atoms with E-state index in [1.54, 1.807) is 12.3 Å². The molecule has 2 rings (SSSR count). The lowest BCUT2D eigenvalue weighted by Crippen LogP contribution is -2.14. The summed E-state index contributed by atoms with van der Waals surface area (Å²) in [6.07, 6.45) is 1.66. The first-order chi connectivity index (χ1) is 10.4. The first kappa shape index (κ1) is 16.1. The molecule has 0 radical (unpaired) electrons. The van der Waals surface area contributed by atoms with Gasteiger partial charge in [-0.05, 0) is 29.5 Å². The van der Waals surface area contributed by atoms with E-state index >= 15 is 0 Å². The smallest absolute Gasteiger partial charge is 0.248 e. The van der Waals surface area contributed by atoms with E-state index in [-0.39, 0.29) is 11.0 Å². The van der Waals surface area contributed by atoms with Crippen molar-refractivity contribution < 1.29 is 4.74 Å². The molecule has 0 unspecified atom stereocenters. The van der Waals surface area contributed by atoms with E-state index in [0.717, 1.165) is 22.5 Å². The van der Waals surface area contributed by atoms with Crippen LogP contribution in [0.25, 0.3) is 11.3 Å². The molecule has 0 saturated carbocycles. The average molecular weight is 297 g/mol. The molecule has 1 heterocycles. The van der Waals surface area contributed by atoms with Crippen LogP contribution in [0.3, 0.4) is 0 Å². The Morgan fingerprint density at radius 2 is 1.77 bits per heavy atom. The average Bonchev–Trinajstić information content (AvgIpc) is 2.47. The molecule has 2 aromatic rings. The molecule has 3 nitrogen and oxygen atoms in total. The Morgan fingerprint density at radius 1 is 1.09 bits per heavy atom. The van der Waals surface area contributed by atoms with Gasteiger partial charge in [-0.25, -0.2) is 0 Å². The van der Waals surface area contributed by atoms with Crippen molar-refractivity contribution in [3.63, 3.8) is 0 Å². The molecular weight excluding hydrogens is 274 g/mol. The topological polar surface area (TPSA) is 42.1 Å². The normalized spacial score (nSPS) is 12.7. The van der Waals surface area contributed by atoms with E-state index in [9.17, 15) is 4.79 Å². The zero-order chi connectivity index (χ0) is 16.2. The predicted molar refractivity (Wildman–Crippen MR) is 91.4 cm³/mol. The number of aromatic amines is 1. The Labute approximate surface area is 131 Å². The van der Waals surface area contributed by atoms with Gasteiger partial charge in [0.25, 0.3) is 0 Å². The zero-order valence-electron chi connectivity index (χ0n) is 13.6. The number of hydrogen-bond acceptors (Lipinski definition) is 2. The largest absolute Gasteiger partial charge is 0.492 e. The number of aromatic nitrogens is 1. The molecule has 0 spiro atoms. The van der Waals surface area contributed by atoms with Crippen molar-refractivity contribution >= 4 is 11.3 Å². The summed E-state index contributed by atoms with van der Waals surface area (Å²) in [6, 6.07) is 13.5. The molecule has 0 amide bonds. The molecule has 1 N–H and O–H groups in total. The summed E-state index contributed by atoms with van der Waals surface area (Å²) >= 11 is 0. The lowest BCUT2D eigenvalue weighted by Gasteiger charge is -2.22.